The molecule has 114 valence electrons. The molecule has 0 unspecified atom stereocenters. The van der Waals surface area contributed by atoms with E-state index in [1.54, 1.807) is 5.57 Å². The molecule has 0 aromatic rings. The summed E-state index contributed by atoms with van der Waals surface area (Å²) in [6.45, 7) is 6.74. The van der Waals surface area contributed by atoms with Gasteiger partial charge in [0, 0.05) is 0 Å². The Hall–Kier alpha value is -0.260. The smallest absolute Gasteiger partial charge is 0.0321 e. The van der Waals surface area contributed by atoms with Crippen molar-refractivity contribution in [1.82, 2.24) is 0 Å². The Bertz CT molecular complexity index is 190. The van der Waals surface area contributed by atoms with Gasteiger partial charge in [-0.25, -0.2) is 0 Å². The molecule has 0 atom stereocenters. The van der Waals surface area contributed by atoms with Crippen LogP contribution in [0.5, 0.6) is 0 Å². The molecule has 0 spiro atoms. The lowest BCUT2D eigenvalue weighted by Gasteiger charge is -2.04. The summed E-state index contributed by atoms with van der Waals surface area (Å²) in [4.78, 5) is 0. The first-order chi connectivity index (χ1) is 9.35. The highest BCUT2D eigenvalue weighted by Gasteiger charge is 1.95. The summed E-state index contributed by atoms with van der Waals surface area (Å²) in [5, 5.41) is 0. The Morgan fingerprint density at radius 1 is 0.632 bits per heavy atom. The fourth-order valence-corrected chi connectivity index (χ4v) is 2.72. The third kappa shape index (κ3) is 14.0. The van der Waals surface area contributed by atoms with Crippen molar-refractivity contribution >= 4 is 0 Å². The molecule has 0 saturated heterocycles. The van der Waals surface area contributed by atoms with Gasteiger partial charge in [-0.05, 0) is 26.2 Å². The summed E-state index contributed by atoms with van der Waals surface area (Å²) in [5.74, 6) is 0. The van der Waals surface area contributed by atoms with E-state index < -0.39 is 0 Å². The third-order valence-electron chi connectivity index (χ3n) is 4.21. The van der Waals surface area contributed by atoms with Crippen molar-refractivity contribution in [3.63, 3.8) is 0 Å². The maximum Gasteiger partial charge on any atom is -0.0321 e. The van der Waals surface area contributed by atoms with Gasteiger partial charge in [-0.15, -0.1) is 0 Å². The maximum atomic E-state index is 2.30. The molecular formula is C19H38. The Balaban J connectivity index is 3.07. The summed E-state index contributed by atoms with van der Waals surface area (Å²) in [7, 11) is 0. The molecule has 0 amide bonds. The van der Waals surface area contributed by atoms with E-state index in [0.717, 1.165) is 0 Å². The largest absolute Gasteiger partial charge is 0.0885 e. The second kappa shape index (κ2) is 15.8. The fraction of sp³-hybridized carbons (Fsp3) is 0.895. The summed E-state index contributed by atoms with van der Waals surface area (Å²) >= 11 is 0. The van der Waals surface area contributed by atoms with Crippen LogP contribution in [0.15, 0.2) is 11.6 Å². The minimum atomic E-state index is 1.24. The molecule has 0 bridgehead atoms. The van der Waals surface area contributed by atoms with Crippen molar-refractivity contribution in [2.75, 3.05) is 0 Å². The Kier molecular flexibility index (Phi) is 15.6. The molecule has 0 N–H and O–H groups in total. The van der Waals surface area contributed by atoms with Crippen LogP contribution >= 0.6 is 0 Å². The zero-order valence-corrected chi connectivity index (χ0v) is 14.0. The van der Waals surface area contributed by atoms with Crippen LogP contribution in [-0.2, 0) is 0 Å². The van der Waals surface area contributed by atoms with E-state index in [2.05, 4.69) is 26.8 Å². The van der Waals surface area contributed by atoms with Crippen LogP contribution in [0.2, 0.25) is 0 Å². The Morgan fingerprint density at radius 3 is 1.42 bits per heavy atom. The van der Waals surface area contributed by atoms with Crippen molar-refractivity contribution in [2.24, 2.45) is 0 Å². The zero-order chi connectivity index (χ0) is 14.2. The predicted molar refractivity (Wildman–Crippen MR) is 89.7 cm³/mol. The number of rotatable bonds is 14. The molecule has 0 heteroatoms. The SMILES string of the molecule is CC=C(CC)CCCCCCCCCCCCCC. The summed E-state index contributed by atoms with van der Waals surface area (Å²) in [6, 6.07) is 0. The standard InChI is InChI=1S/C19H38/c1-4-7-8-9-10-11-12-13-14-15-16-17-18-19(5-2)6-3/h5H,4,6-18H2,1-3H3. The lowest BCUT2D eigenvalue weighted by molar-refractivity contribution is 0.543. The number of allylic oxidation sites excluding steroid dienone is 2. The van der Waals surface area contributed by atoms with Gasteiger partial charge < -0.3 is 0 Å². The van der Waals surface area contributed by atoms with Crippen LogP contribution in [0.1, 0.15) is 111 Å². The van der Waals surface area contributed by atoms with Crippen molar-refractivity contribution in [2.45, 2.75) is 111 Å². The highest BCUT2D eigenvalue weighted by atomic mass is 14.0. The average molecular weight is 267 g/mol. The molecule has 0 aliphatic rings. The molecule has 0 fully saturated rings. The number of hydrogen-bond donors (Lipinski definition) is 0. The molecule has 0 nitrogen and oxygen atoms in total. The normalized spacial score (nSPS) is 12.1. The van der Waals surface area contributed by atoms with E-state index in [9.17, 15) is 0 Å². The molecule has 0 radical (unpaired) electrons. The van der Waals surface area contributed by atoms with Crippen LogP contribution < -0.4 is 0 Å². The van der Waals surface area contributed by atoms with Gasteiger partial charge in [0.05, 0.1) is 0 Å². The van der Waals surface area contributed by atoms with Crippen molar-refractivity contribution in [3.05, 3.63) is 11.6 Å². The van der Waals surface area contributed by atoms with Gasteiger partial charge >= 0.3 is 0 Å². The summed E-state index contributed by atoms with van der Waals surface area (Å²) < 4.78 is 0. The second-order valence-electron chi connectivity index (χ2n) is 5.94. The van der Waals surface area contributed by atoms with Crippen LogP contribution in [0.3, 0.4) is 0 Å². The first kappa shape index (κ1) is 18.7. The second-order valence-corrected chi connectivity index (χ2v) is 5.94. The Labute approximate surface area is 123 Å². The van der Waals surface area contributed by atoms with Crippen molar-refractivity contribution < 1.29 is 0 Å². The topological polar surface area (TPSA) is 0 Å². The highest BCUT2D eigenvalue weighted by Crippen LogP contribution is 2.15. The molecular weight excluding hydrogens is 228 g/mol. The summed E-state index contributed by atoms with van der Waals surface area (Å²) in [6.07, 6.45) is 22.3. The van der Waals surface area contributed by atoms with Gasteiger partial charge in [-0.1, -0.05) is 96.1 Å². The molecule has 0 heterocycles. The van der Waals surface area contributed by atoms with Crippen LogP contribution in [0, 0.1) is 0 Å². The minimum Gasteiger partial charge on any atom is -0.0885 e. The zero-order valence-electron chi connectivity index (χ0n) is 14.0. The molecule has 0 aromatic carbocycles. The third-order valence-corrected chi connectivity index (χ3v) is 4.21. The molecule has 0 aromatic heterocycles. The van der Waals surface area contributed by atoms with Crippen LogP contribution in [-0.4, -0.2) is 0 Å². The van der Waals surface area contributed by atoms with Gasteiger partial charge in [0.1, 0.15) is 0 Å². The monoisotopic (exact) mass is 266 g/mol. The minimum absolute atomic E-state index is 1.24. The van der Waals surface area contributed by atoms with Crippen LogP contribution in [0.4, 0.5) is 0 Å². The molecule has 0 aliphatic carbocycles. The van der Waals surface area contributed by atoms with Gasteiger partial charge in [-0.3, -0.25) is 0 Å². The lowest BCUT2D eigenvalue weighted by Crippen LogP contribution is -1.84. The van der Waals surface area contributed by atoms with Crippen LogP contribution in [0.25, 0.3) is 0 Å². The van der Waals surface area contributed by atoms with E-state index in [1.165, 1.54) is 89.9 Å². The quantitative estimate of drug-likeness (QED) is 0.226. The van der Waals surface area contributed by atoms with Gasteiger partial charge in [0.15, 0.2) is 0 Å². The summed E-state index contributed by atoms with van der Waals surface area (Å²) in [5.41, 5.74) is 1.65. The molecule has 0 saturated carbocycles. The van der Waals surface area contributed by atoms with E-state index in [0.29, 0.717) is 0 Å². The van der Waals surface area contributed by atoms with Crippen molar-refractivity contribution in [3.8, 4) is 0 Å². The maximum absolute atomic E-state index is 2.30. The number of unbranched alkanes of at least 4 members (excludes halogenated alkanes) is 11. The van der Waals surface area contributed by atoms with Gasteiger partial charge in [0.2, 0.25) is 0 Å². The first-order valence-corrected chi connectivity index (χ1v) is 8.99. The molecule has 19 heavy (non-hydrogen) atoms. The lowest BCUT2D eigenvalue weighted by atomic mass is 10.0. The van der Waals surface area contributed by atoms with Gasteiger partial charge in [0.25, 0.3) is 0 Å². The van der Waals surface area contributed by atoms with E-state index >= 15 is 0 Å². The first-order valence-electron chi connectivity index (χ1n) is 8.99. The Morgan fingerprint density at radius 2 is 1.05 bits per heavy atom. The number of hydrogen-bond acceptors (Lipinski definition) is 0. The molecule has 0 rings (SSSR count). The average Bonchev–Trinajstić information content (AvgIpc) is 2.44. The van der Waals surface area contributed by atoms with E-state index in [-0.39, 0.29) is 0 Å². The fourth-order valence-electron chi connectivity index (χ4n) is 2.72. The predicted octanol–water partition coefficient (Wildman–Crippen LogP) is 7.43. The highest BCUT2D eigenvalue weighted by molar-refractivity contribution is 4.98. The van der Waals surface area contributed by atoms with E-state index in [4.69, 9.17) is 0 Å². The van der Waals surface area contributed by atoms with Crippen molar-refractivity contribution in [1.29, 1.82) is 0 Å². The molecule has 0 aliphatic heterocycles. The van der Waals surface area contributed by atoms with E-state index in [1.807, 2.05) is 0 Å². The van der Waals surface area contributed by atoms with Gasteiger partial charge in [-0.2, -0.15) is 0 Å².